The lowest BCUT2D eigenvalue weighted by Gasteiger charge is -2.33. The van der Waals surface area contributed by atoms with Crippen molar-refractivity contribution in [1.29, 1.82) is 0 Å². The van der Waals surface area contributed by atoms with Gasteiger partial charge in [0.05, 0.1) is 6.20 Å². The van der Waals surface area contributed by atoms with Crippen LogP contribution in [0.1, 0.15) is 26.7 Å². The molecule has 0 spiro atoms. The molecule has 1 fully saturated rings. The van der Waals surface area contributed by atoms with Crippen LogP contribution in [0.5, 0.6) is 0 Å². The van der Waals surface area contributed by atoms with Crippen LogP contribution in [0.15, 0.2) is 18.6 Å². The highest BCUT2D eigenvalue weighted by Gasteiger charge is 2.24. The number of aromatic nitrogens is 2. The fourth-order valence-corrected chi connectivity index (χ4v) is 2.19. The maximum absolute atomic E-state index is 11.8. The van der Waals surface area contributed by atoms with Gasteiger partial charge in [-0.05, 0) is 12.8 Å². The Labute approximate surface area is 108 Å². The quantitative estimate of drug-likeness (QED) is 0.881. The Hall–Kier alpha value is -1.65. The lowest BCUT2D eigenvalue weighted by Crippen LogP contribution is -2.44. The zero-order valence-corrected chi connectivity index (χ0v) is 11.0. The second-order valence-corrected chi connectivity index (χ2v) is 4.99. The molecule has 1 aromatic heterocycles. The van der Waals surface area contributed by atoms with Gasteiger partial charge in [0.25, 0.3) is 0 Å². The monoisotopic (exact) mass is 248 g/mol. The lowest BCUT2D eigenvalue weighted by molar-refractivity contribution is -0.135. The molecule has 0 atom stereocenters. The van der Waals surface area contributed by atoms with Crippen molar-refractivity contribution < 1.29 is 4.79 Å². The molecule has 1 aromatic rings. The molecule has 1 saturated heterocycles. The summed E-state index contributed by atoms with van der Waals surface area (Å²) in [6, 6.07) is 0.387. The number of likely N-dealkylation sites (tertiary alicyclic amines) is 1. The first-order chi connectivity index (χ1) is 8.66. The number of anilines is 1. The van der Waals surface area contributed by atoms with Gasteiger partial charge in [0, 0.05) is 37.4 Å². The van der Waals surface area contributed by atoms with Crippen molar-refractivity contribution in [3.63, 3.8) is 0 Å². The molecule has 1 N–H and O–H groups in total. The summed E-state index contributed by atoms with van der Waals surface area (Å²) in [7, 11) is 0. The molecule has 5 nitrogen and oxygen atoms in total. The molecule has 2 rings (SSSR count). The Morgan fingerprint density at radius 3 is 2.67 bits per heavy atom. The van der Waals surface area contributed by atoms with Gasteiger partial charge in [-0.2, -0.15) is 0 Å². The van der Waals surface area contributed by atoms with Crippen molar-refractivity contribution in [2.75, 3.05) is 18.4 Å². The SMILES string of the molecule is CC(C)C(=O)N1CCC(Nc2cnccn2)CC1. The minimum atomic E-state index is 0.0921. The van der Waals surface area contributed by atoms with E-state index in [1.165, 1.54) is 0 Å². The minimum absolute atomic E-state index is 0.0921. The smallest absolute Gasteiger partial charge is 0.225 e. The number of piperidine rings is 1. The summed E-state index contributed by atoms with van der Waals surface area (Å²) >= 11 is 0. The van der Waals surface area contributed by atoms with Gasteiger partial charge in [0.2, 0.25) is 5.91 Å². The van der Waals surface area contributed by atoms with E-state index in [0.717, 1.165) is 31.7 Å². The zero-order chi connectivity index (χ0) is 13.0. The first kappa shape index (κ1) is 12.8. The maximum Gasteiger partial charge on any atom is 0.225 e. The fourth-order valence-electron chi connectivity index (χ4n) is 2.19. The standard InChI is InChI=1S/C13H20N4O/c1-10(2)13(18)17-7-3-11(4-8-17)16-12-9-14-5-6-15-12/h5-6,9-11H,3-4,7-8H2,1-2H3,(H,15,16). The number of carbonyl (C=O) groups excluding carboxylic acids is 1. The average molecular weight is 248 g/mol. The van der Waals surface area contributed by atoms with Crippen molar-refractivity contribution in [3.05, 3.63) is 18.6 Å². The number of rotatable bonds is 3. The van der Waals surface area contributed by atoms with Gasteiger partial charge in [-0.25, -0.2) is 4.98 Å². The maximum atomic E-state index is 11.8. The third-order valence-electron chi connectivity index (χ3n) is 3.22. The summed E-state index contributed by atoms with van der Waals surface area (Å²) in [6.45, 7) is 5.56. The summed E-state index contributed by atoms with van der Waals surface area (Å²) < 4.78 is 0. The Balaban J connectivity index is 1.82. The van der Waals surface area contributed by atoms with Crippen LogP contribution in [-0.4, -0.2) is 39.9 Å². The van der Waals surface area contributed by atoms with Crippen LogP contribution in [0.3, 0.4) is 0 Å². The third kappa shape index (κ3) is 3.18. The lowest BCUT2D eigenvalue weighted by atomic mass is 10.0. The molecular weight excluding hydrogens is 228 g/mol. The molecule has 1 aliphatic rings. The predicted octanol–water partition coefficient (Wildman–Crippen LogP) is 1.54. The molecule has 2 heterocycles. The van der Waals surface area contributed by atoms with Crippen LogP contribution in [-0.2, 0) is 4.79 Å². The highest BCUT2D eigenvalue weighted by molar-refractivity contribution is 5.78. The number of nitrogens with one attached hydrogen (secondary N) is 1. The summed E-state index contributed by atoms with van der Waals surface area (Å²) in [5.41, 5.74) is 0. The van der Waals surface area contributed by atoms with Gasteiger partial charge < -0.3 is 10.2 Å². The number of carbonyl (C=O) groups is 1. The van der Waals surface area contributed by atoms with Gasteiger partial charge >= 0.3 is 0 Å². The van der Waals surface area contributed by atoms with Crippen molar-refractivity contribution in [2.24, 2.45) is 5.92 Å². The first-order valence-electron chi connectivity index (χ1n) is 6.48. The number of hydrogen-bond acceptors (Lipinski definition) is 4. The van der Waals surface area contributed by atoms with Crippen molar-refractivity contribution >= 4 is 11.7 Å². The Morgan fingerprint density at radius 2 is 2.11 bits per heavy atom. The van der Waals surface area contributed by atoms with Gasteiger partial charge in [-0.1, -0.05) is 13.8 Å². The van der Waals surface area contributed by atoms with Crippen LogP contribution in [0.4, 0.5) is 5.82 Å². The summed E-state index contributed by atoms with van der Waals surface area (Å²) in [4.78, 5) is 22.0. The van der Waals surface area contributed by atoms with Crippen molar-refractivity contribution in [3.8, 4) is 0 Å². The molecule has 98 valence electrons. The minimum Gasteiger partial charge on any atom is -0.366 e. The Bertz CT molecular complexity index is 385. The first-order valence-corrected chi connectivity index (χ1v) is 6.48. The second-order valence-electron chi connectivity index (χ2n) is 4.99. The van der Waals surface area contributed by atoms with Crippen molar-refractivity contribution in [1.82, 2.24) is 14.9 Å². The number of nitrogens with zero attached hydrogens (tertiary/aromatic N) is 3. The number of amides is 1. The van der Waals surface area contributed by atoms with Crippen LogP contribution in [0, 0.1) is 5.92 Å². The molecule has 5 heteroatoms. The zero-order valence-electron chi connectivity index (χ0n) is 11.0. The largest absolute Gasteiger partial charge is 0.366 e. The normalized spacial score (nSPS) is 16.9. The molecule has 0 aromatic carbocycles. The van der Waals surface area contributed by atoms with E-state index in [0.29, 0.717) is 6.04 Å². The Morgan fingerprint density at radius 1 is 1.39 bits per heavy atom. The van der Waals surface area contributed by atoms with Crippen LogP contribution < -0.4 is 5.32 Å². The van der Waals surface area contributed by atoms with E-state index in [4.69, 9.17) is 0 Å². The van der Waals surface area contributed by atoms with E-state index in [1.807, 2.05) is 18.7 Å². The van der Waals surface area contributed by atoms with Gasteiger partial charge in [0.1, 0.15) is 5.82 Å². The van der Waals surface area contributed by atoms with E-state index < -0.39 is 0 Å². The van der Waals surface area contributed by atoms with Crippen LogP contribution >= 0.6 is 0 Å². The van der Waals surface area contributed by atoms with Gasteiger partial charge in [0.15, 0.2) is 0 Å². The fraction of sp³-hybridized carbons (Fsp3) is 0.615. The van der Waals surface area contributed by atoms with Gasteiger partial charge in [-0.3, -0.25) is 9.78 Å². The van der Waals surface area contributed by atoms with Crippen molar-refractivity contribution in [2.45, 2.75) is 32.7 Å². The molecule has 18 heavy (non-hydrogen) atoms. The molecule has 0 bridgehead atoms. The van der Waals surface area contributed by atoms with E-state index in [-0.39, 0.29) is 11.8 Å². The molecule has 0 saturated carbocycles. The highest BCUT2D eigenvalue weighted by Crippen LogP contribution is 2.16. The highest BCUT2D eigenvalue weighted by atomic mass is 16.2. The second kappa shape index (κ2) is 5.80. The van der Waals surface area contributed by atoms with E-state index in [9.17, 15) is 4.79 Å². The predicted molar refractivity (Wildman–Crippen MR) is 70.1 cm³/mol. The van der Waals surface area contributed by atoms with Crippen LogP contribution in [0.25, 0.3) is 0 Å². The molecule has 0 unspecified atom stereocenters. The molecule has 0 aliphatic carbocycles. The Kier molecular flexibility index (Phi) is 4.12. The summed E-state index contributed by atoms with van der Waals surface area (Å²) in [5, 5.41) is 3.36. The summed E-state index contributed by atoms with van der Waals surface area (Å²) in [5.74, 6) is 1.16. The van der Waals surface area contributed by atoms with E-state index >= 15 is 0 Å². The van der Waals surface area contributed by atoms with E-state index in [2.05, 4.69) is 15.3 Å². The summed E-state index contributed by atoms with van der Waals surface area (Å²) in [6.07, 6.45) is 7.00. The molecule has 1 aliphatic heterocycles. The molecule has 1 amide bonds. The molecule has 0 radical (unpaired) electrons. The van der Waals surface area contributed by atoms with Gasteiger partial charge in [-0.15, -0.1) is 0 Å². The molecular formula is C13H20N4O. The average Bonchev–Trinajstić information content (AvgIpc) is 2.40. The topological polar surface area (TPSA) is 58.1 Å². The third-order valence-corrected chi connectivity index (χ3v) is 3.22. The van der Waals surface area contributed by atoms with E-state index in [1.54, 1.807) is 18.6 Å². The van der Waals surface area contributed by atoms with Crippen LogP contribution in [0.2, 0.25) is 0 Å². The number of hydrogen-bond donors (Lipinski definition) is 1.